The highest BCUT2D eigenvalue weighted by Crippen LogP contribution is 2.17. The second-order valence-electron chi connectivity index (χ2n) is 6.68. The van der Waals surface area contributed by atoms with Crippen LogP contribution in [-0.4, -0.2) is 43.5 Å². The van der Waals surface area contributed by atoms with E-state index in [-0.39, 0.29) is 0 Å². The van der Waals surface area contributed by atoms with Gasteiger partial charge < -0.3 is 23.4 Å². The molecule has 0 aliphatic carbocycles. The van der Waals surface area contributed by atoms with Crippen molar-refractivity contribution in [1.82, 2.24) is 10.2 Å². The number of furan rings is 1. The average molecular weight is 356 g/mol. The van der Waals surface area contributed by atoms with Crippen molar-refractivity contribution >= 4 is 0 Å². The first-order valence-electron chi connectivity index (χ1n) is 8.96. The normalized spacial score (nSPS) is 20.2. The highest BCUT2D eigenvalue weighted by Gasteiger charge is 2.25. The van der Waals surface area contributed by atoms with Gasteiger partial charge in [0.1, 0.15) is 38.5 Å². The van der Waals surface area contributed by atoms with Crippen molar-refractivity contribution in [3.8, 4) is 17.4 Å². The molecule has 4 rings (SSSR count). The van der Waals surface area contributed by atoms with Gasteiger partial charge in [-0.25, -0.2) is 0 Å². The fourth-order valence-corrected chi connectivity index (χ4v) is 3.38. The smallest absolute Gasteiger partial charge is 0.283 e. The largest absolute Gasteiger partial charge is 0.497 e. The molecule has 1 aliphatic heterocycles. The van der Waals surface area contributed by atoms with Gasteiger partial charge in [-0.3, -0.25) is 0 Å². The molecule has 1 saturated heterocycles. The zero-order chi connectivity index (χ0) is 17.8. The number of benzene rings is 1. The first-order chi connectivity index (χ1) is 12.8. The molecule has 0 bridgehead atoms. The monoisotopic (exact) mass is 356 g/mol. The van der Waals surface area contributed by atoms with Crippen LogP contribution >= 0.6 is 0 Å². The zero-order valence-electron chi connectivity index (χ0n) is 14.9. The molecule has 0 amide bonds. The van der Waals surface area contributed by atoms with E-state index in [9.17, 15) is 0 Å². The second-order valence-corrected chi connectivity index (χ2v) is 6.68. The Morgan fingerprint density at radius 2 is 1.69 bits per heavy atom. The Bertz CT molecular complexity index is 806. The molecule has 0 unspecified atom stereocenters. The summed E-state index contributed by atoms with van der Waals surface area (Å²) in [6, 6.07) is 12.0. The van der Waals surface area contributed by atoms with E-state index < -0.39 is 0 Å². The minimum Gasteiger partial charge on any atom is -0.497 e. The summed E-state index contributed by atoms with van der Waals surface area (Å²) in [5.41, 5.74) is 1.35. The van der Waals surface area contributed by atoms with Crippen molar-refractivity contribution in [3.63, 3.8) is 0 Å². The number of nitrogens with one attached hydrogen (secondary N) is 2. The molecule has 0 radical (unpaired) electrons. The summed E-state index contributed by atoms with van der Waals surface area (Å²) >= 11 is 0. The lowest BCUT2D eigenvalue weighted by Crippen LogP contribution is -3.27. The Labute approximate surface area is 152 Å². The molecule has 1 aromatic carbocycles. The van der Waals surface area contributed by atoms with E-state index in [4.69, 9.17) is 13.6 Å². The molecular weight excluding hydrogens is 332 g/mol. The van der Waals surface area contributed by atoms with Gasteiger partial charge in [0.2, 0.25) is 0 Å². The van der Waals surface area contributed by atoms with Crippen molar-refractivity contribution in [3.05, 3.63) is 54.1 Å². The number of rotatable bonds is 6. The lowest BCUT2D eigenvalue weighted by atomic mass is 10.2. The fraction of sp³-hybridized carbons (Fsp3) is 0.368. The van der Waals surface area contributed by atoms with Crippen LogP contribution in [0.1, 0.15) is 11.5 Å². The first kappa shape index (κ1) is 16.8. The van der Waals surface area contributed by atoms with Gasteiger partial charge >= 0.3 is 0 Å². The van der Waals surface area contributed by atoms with Crippen molar-refractivity contribution in [2.24, 2.45) is 0 Å². The van der Waals surface area contributed by atoms with Gasteiger partial charge in [0.15, 0.2) is 12.3 Å². The third kappa shape index (κ3) is 3.95. The van der Waals surface area contributed by atoms with E-state index in [2.05, 4.69) is 22.3 Å². The molecule has 136 valence electrons. The zero-order valence-corrected chi connectivity index (χ0v) is 14.9. The standard InChI is InChI=1S/C19H22N4O3/c1-24-16-6-4-15(5-7-16)13-22-8-10-23(11-9-22)14-18-20-21-19(26-18)17-3-2-12-25-17/h2-7,12H,8-11,13-14H2,1H3/p+2. The summed E-state index contributed by atoms with van der Waals surface area (Å²) < 4.78 is 16.2. The molecule has 7 nitrogen and oxygen atoms in total. The highest BCUT2D eigenvalue weighted by atomic mass is 16.5. The average Bonchev–Trinajstić information content (AvgIpc) is 3.36. The summed E-state index contributed by atoms with van der Waals surface area (Å²) in [6.07, 6.45) is 1.61. The first-order valence-corrected chi connectivity index (χ1v) is 8.96. The van der Waals surface area contributed by atoms with E-state index in [1.165, 1.54) is 10.5 Å². The second kappa shape index (κ2) is 7.72. The Morgan fingerprint density at radius 3 is 2.35 bits per heavy atom. The molecule has 0 saturated carbocycles. The minimum absolute atomic E-state index is 0.452. The Balaban J connectivity index is 1.27. The lowest BCUT2D eigenvalue weighted by molar-refractivity contribution is -1.02. The SMILES string of the molecule is COc1ccc(C[NH+]2CC[NH+](Cc3nnc(-c4ccco4)o3)CC2)cc1. The summed E-state index contributed by atoms with van der Waals surface area (Å²) in [6.45, 7) is 6.30. The Morgan fingerprint density at radius 1 is 0.962 bits per heavy atom. The van der Waals surface area contributed by atoms with Crippen LogP contribution in [0.4, 0.5) is 0 Å². The van der Waals surface area contributed by atoms with Gasteiger partial charge in [-0.15, -0.1) is 10.2 Å². The number of quaternary nitrogens is 2. The van der Waals surface area contributed by atoms with Gasteiger partial charge in [-0.2, -0.15) is 0 Å². The molecule has 1 aliphatic rings. The predicted molar refractivity (Wildman–Crippen MR) is 93.8 cm³/mol. The topological polar surface area (TPSA) is 70.2 Å². The Hall–Kier alpha value is -2.64. The summed E-state index contributed by atoms with van der Waals surface area (Å²) in [5, 5.41) is 8.22. The van der Waals surface area contributed by atoms with Crippen LogP contribution in [0.3, 0.4) is 0 Å². The van der Waals surface area contributed by atoms with Crippen LogP contribution in [0, 0.1) is 0 Å². The van der Waals surface area contributed by atoms with Crippen molar-refractivity contribution in [2.45, 2.75) is 13.1 Å². The van der Waals surface area contributed by atoms with Crippen LogP contribution in [0.25, 0.3) is 11.7 Å². The number of hydrogen-bond donors (Lipinski definition) is 2. The maximum Gasteiger partial charge on any atom is 0.283 e. The van der Waals surface area contributed by atoms with E-state index in [0.29, 0.717) is 17.5 Å². The molecule has 1 fully saturated rings. The number of nitrogens with zero attached hydrogens (tertiary/aromatic N) is 2. The molecule has 3 heterocycles. The maximum absolute atomic E-state index is 5.72. The molecular formula is C19H24N4O3+2. The molecule has 2 aromatic heterocycles. The van der Waals surface area contributed by atoms with Gasteiger partial charge in [-0.05, 0) is 36.4 Å². The molecule has 7 heteroatoms. The van der Waals surface area contributed by atoms with Crippen LogP contribution < -0.4 is 14.5 Å². The van der Waals surface area contributed by atoms with Gasteiger partial charge in [0.05, 0.1) is 13.4 Å². The quantitative estimate of drug-likeness (QED) is 0.641. The van der Waals surface area contributed by atoms with E-state index in [1.807, 2.05) is 24.3 Å². The van der Waals surface area contributed by atoms with Crippen LogP contribution in [-0.2, 0) is 13.1 Å². The maximum atomic E-state index is 5.72. The molecule has 3 aromatic rings. The Kier molecular flexibility index (Phi) is 4.99. The molecule has 0 atom stereocenters. The van der Waals surface area contributed by atoms with Crippen molar-refractivity contribution < 1.29 is 23.4 Å². The van der Waals surface area contributed by atoms with Crippen LogP contribution in [0.15, 0.2) is 51.5 Å². The summed E-state index contributed by atoms with van der Waals surface area (Å²) in [7, 11) is 1.70. The number of hydrogen-bond acceptors (Lipinski definition) is 5. The highest BCUT2D eigenvalue weighted by molar-refractivity contribution is 5.42. The van der Waals surface area contributed by atoms with Crippen molar-refractivity contribution in [2.75, 3.05) is 33.3 Å². The van der Waals surface area contributed by atoms with Gasteiger partial charge in [0.25, 0.3) is 11.8 Å². The number of methoxy groups -OCH3 is 1. The van der Waals surface area contributed by atoms with Gasteiger partial charge in [-0.1, -0.05) is 0 Å². The molecule has 2 N–H and O–H groups in total. The lowest BCUT2D eigenvalue weighted by Gasteiger charge is -2.29. The van der Waals surface area contributed by atoms with E-state index in [0.717, 1.165) is 45.0 Å². The minimum atomic E-state index is 0.452. The molecule has 0 spiro atoms. The third-order valence-corrected chi connectivity index (χ3v) is 4.88. The third-order valence-electron chi connectivity index (χ3n) is 4.88. The fourth-order valence-electron chi connectivity index (χ4n) is 3.38. The number of piperazine rings is 1. The predicted octanol–water partition coefficient (Wildman–Crippen LogP) is -0.178. The van der Waals surface area contributed by atoms with Gasteiger partial charge in [0, 0.05) is 5.56 Å². The molecule has 26 heavy (non-hydrogen) atoms. The summed E-state index contributed by atoms with van der Waals surface area (Å²) in [5.74, 6) is 2.65. The van der Waals surface area contributed by atoms with E-state index in [1.54, 1.807) is 18.3 Å². The van der Waals surface area contributed by atoms with E-state index >= 15 is 0 Å². The van der Waals surface area contributed by atoms with Crippen molar-refractivity contribution in [1.29, 1.82) is 0 Å². The summed E-state index contributed by atoms with van der Waals surface area (Å²) in [4.78, 5) is 3.10. The van der Waals surface area contributed by atoms with Crippen LogP contribution in [0.5, 0.6) is 5.75 Å². The van der Waals surface area contributed by atoms with Crippen LogP contribution in [0.2, 0.25) is 0 Å². The number of ether oxygens (including phenoxy) is 1. The number of aromatic nitrogens is 2.